The summed E-state index contributed by atoms with van der Waals surface area (Å²) in [7, 11) is -2.55. The van der Waals surface area contributed by atoms with E-state index in [1.807, 2.05) is 0 Å². The van der Waals surface area contributed by atoms with E-state index in [1.165, 1.54) is 31.4 Å². The van der Waals surface area contributed by atoms with E-state index in [-0.39, 0.29) is 28.0 Å². The number of methoxy groups -OCH3 is 1. The van der Waals surface area contributed by atoms with E-state index in [0.717, 1.165) is 37.4 Å². The van der Waals surface area contributed by atoms with Crippen LogP contribution in [0.15, 0.2) is 52.3 Å². The Morgan fingerprint density at radius 1 is 1.12 bits per heavy atom. The highest BCUT2D eigenvalue weighted by Gasteiger charge is 2.26. The summed E-state index contributed by atoms with van der Waals surface area (Å²) >= 11 is 0.986. The molecule has 2 aromatic rings. The highest BCUT2D eigenvalue weighted by molar-refractivity contribution is 8.00. The zero-order valence-electron chi connectivity index (χ0n) is 17.4. The molecule has 172 valence electrons. The van der Waals surface area contributed by atoms with Crippen LogP contribution in [0.2, 0.25) is 0 Å². The number of carbonyl (C=O) groups is 2. The van der Waals surface area contributed by atoms with Crippen LogP contribution in [0, 0.1) is 5.82 Å². The summed E-state index contributed by atoms with van der Waals surface area (Å²) in [6.45, 7) is 0. The zero-order chi connectivity index (χ0) is 23.1. The normalized spacial score (nSPS) is 14.2. The number of hydrazine groups is 1. The molecule has 11 heteroatoms. The van der Waals surface area contributed by atoms with Gasteiger partial charge in [0.25, 0.3) is 5.91 Å². The summed E-state index contributed by atoms with van der Waals surface area (Å²) < 4.78 is 47.1. The minimum atomic E-state index is -3.90. The molecule has 0 saturated heterocycles. The molecule has 8 nitrogen and oxygen atoms in total. The summed E-state index contributed by atoms with van der Waals surface area (Å²) in [6, 6.07) is 9.87. The number of sulfonamides is 1. The Morgan fingerprint density at radius 2 is 1.84 bits per heavy atom. The third kappa shape index (κ3) is 6.21. The van der Waals surface area contributed by atoms with Gasteiger partial charge in [-0.25, -0.2) is 17.5 Å². The molecular weight excluding hydrogens is 457 g/mol. The standard InChI is InChI=1S/C21H24FN3O5S2/c1-30-17-11-10-14(12-19(17)32(28,29)25-15-6-2-3-7-15)21(27)24-23-20(26)13-31-18-9-5-4-8-16(18)22/h4-5,8-12,15,25H,2-3,6-7,13H2,1H3,(H,23,26)(H,24,27). The van der Waals surface area contributed by atoms with Gasteiger partial charge in [-0.3, -0.25) is 20.4 Å². The van der Waals surface area contributed by atoms with Crippen molar-refractivity contribution < 1.29 is 27.1 Å². The van der Waals surface area contributed by atoms with Crippen molar-refractivity contribution in [1.29, 1.82) is 0 Å². The first-order valence-electron chi connectivity index (χ1n) is 9.97. The Kier molecular flexibility index (Phi) is 8.10. The van der Waals surface area contributed by atoms with Crippen molar-refractivity contribution in [1.82, 2.24) is 15.6 Å². The summed E-state index contributed by atoms with van der Waals surface area (Å²) in [4.78, 5) is 24.6. The lowest BCUT2D eigenvalue weighted by atomic mass is 10.2. The van der Waals surface area contributed by atoms with E-state index >= 15 is 0 Å². The van der Waals surface area contributed by atoms with Gasteiger partial charge in [0.1, 0.15) is 16.5 Å². The number of thioether (sulfide) groups is 1. The third-order valence-corrected chi connectivity index (χ3v) is 7.49. The topological polar surface area (TPSA) is 114 Å². The Balaban J connectivity index is 1.63. The van der Waals surface area contributed by atoms with Gasteiger partial charge in [-0.05, 0) is 43.2 Å². The van der Waals surface area contributed by atoms with E-state index in [9.17, 15) is 22.4 Å². The van der Waals surface area contributed by atoms with Crippen molar-refractivity contribution in [2.45, 2.75) is 41.5 Å². The number of rotatable bonds is 8. The Labute approximate surface area is 190 Å². The molecule has 0 unspecified atom stereocenters. The smallest absolute Gasteiger partial charge is 0.269 e. The molecule has 1 aliphatic rings. The van der Waals surface area contributed by atoms with Crippen molar-refractivity contribution in [2.24, 2.45) is 0 Å². The first-order valence-corrected chi connectivity index (χ1v) is 12.4. The molecule has 2 aromatic carbocycles. The maximum absolute atomic E-state index is 13.6. The summed E-state index contributed by atoms with van der Waals surface area (Å²) in [5, 5.41) is 0. The highest BCUT2D eigenvalue weighted by atomic mass is 32.2. The largest absolute Gasteiger partial charge is 0.495 e. The van der Waals surface area contributed by atoms with Crippen LogP contribution in [0.25, 0.3) is 0 Å². The first-order chi connectivity index (χ1) is 15.3. The van der Waals surface area contributed by atoms with Crippen LogP contribution in [0.4, 0.5) is 4.39 Å². The summed E-state index contributed by atoms with van der Waals surface area (Å²) in [6.07, 6.45) is 3.45. The summed E-state index contributed by atoms with van der Waals surface area (Å²) in [5.74, 6) is -1.69. The molecule has 0 bridgehead atoms. The minimum absolute atomic E-state index is 0.0275. The van der Waals surface area contributed by atoms with Crippen molar-refractivity contribution in [2.75, 3.05) is 12.9 Å². The molecule has 0 radical (unpaired) electrons. The van der Waals surface area contributed by atoms with Gasteiger partial charge in [0.05, 0.1) is 12.9 Å². The van der Waals surface area contributed by atoms with Crippen LogP contribution < -0.4 is 20.3 Å². The van der Waals surface area contributed by atoms with Crippen LogP contribution in [0.5, 0.6) is 5.75 Å². The fourth-order valence-electron chi connectivity index (χ4n) is 3.29. The Hall–Kier alpha value is -2.63. The van der Waals surface area contributed by atoms with E-state index in [1.54, 1.807) is 18.2 Å². The number of carbonyl (C=O) groups excluding carboxylic acids is 2. The van der Waals surface area contributed by atoms with Gasteiger partial charge in [0, 0.05) is 16.5 Å². The second-order valence-electron chi connectivity index (χ2n) is 7.19. The second kappa shape index (κ2) is 10.8. The Morgan fingerprint density at radius 3 is 2.53 bits per heavy atom. The predicted molar refractivity (Wildman–Crippen MR) is 118 cm³/mol. The van der Waals surface area contributed by atoms with E-state index in [2.05, 4.69) is 15.6 Å². The quantitative estimate of drug-likeness (QED) is 0.395. The predicted octanol–water partition coefficient (Wildman–Crippen LogP) is 2.61. The van der Waals surface area contributed by atoms with Gasteiger partial charge >= 0.3 is 0 Å². The third-order valence-electron chi connectivity index (χ3n) is 4.90. The number of amides is 2. The van der Waals surface area contributed by atoms with Crippen LogP contribution in [-0.2, 0) is 14.8 Å². The van der Waals surface area contributed by atoms with E-state index in [4.69, 9.17) is 4.74 Å². The van der Waals surface area contributed by atoms with E-state index < -0.39 is 27.7 Å². The number of hydrogen-bond acceptors (Lipinski definition) is 6. The maximum atomic E-state index is 13.6. The molecule has 32 heavy (non-hydrogen) atoms. The van der Waals surface area contributed by atoms with Gasteiger partial charge in [-0.1, -0.05) is 25.0 Å². The molecular formula is C21H24FN3O5S2. The lowest BCUT2D eigenvalue weighted by molar-refractivity contribution is -0.119. The lowest BCUT2D eigenvalue weighted by Gasteiger charge is -2.16. The average Bonchev–Trinajstić information content (AvgIpc) is 3.28. The molecule has 0 atom stereocenters. The molecule has 0 aliphatic heterocycles. The van der Waals surface area contributed by atoms with E-state index in [0.29, 0.717) is 4.90 Å². The SMILES string of the molecule is COc1ccc(C(=O)NNC(=O)CSc2ccccc2F)cc1S(=O)(=O)NC1CCCC1. The van der Waals surface area contributed by atoms with Crippen LogP contribution in [0.3, 0.4) is 0 Å². The van der Waals surface area contributed by atoms with Gasteiger partial charge in [0.15, 0.2) is 0 Å². The number of nitrogens with one attached hydrogen (secondary N) is 3. The molecule has 0 aromatic heterocycles. The molecule has 3 N–H and O–H groups in total. The van der Waals surface area contributed by atoms with Crippen molar-refractivity contribution in [3.63, 3.8) is 0 Å². The van der Waals surface area contributed by atoms with Gasteiger partial charge in [-0.15, -0.1) is 11.8 Å². The zero-order valence-corrected chi connectivity index (χ0v) is 19.0. The number of ether oxygens (including phenoxy) is 1. The molecule has 0 heterocycles. The molecule has 1 fully saturated rings. The van der Waals surface area contributed by atoms with Crippen molar-refractivity contribution in [3.8, 4) is 5.75 Å². The monoisotopic (exact) mass is 481 g/mol. The number of halogens is 1. The number of benzene rings is 2. The molecule has 1 saturated carbocycles. The number of hydrogen-bond donors (Lipinski definition) is 3. The van der Waals surface area contributed by atoms with Crippen LogP contribution in [-0.4, -0.2) is 39.1 Å². The summed E-state index contributed by atoms with van der Waals surface area (Å²) in [5.41, 5.74) is 4.50. The van der Waals surface area contributed by atoms with Crippen LogP contribution in [0.1, 0.15) is 36.0 Å². The first kappa shape index (κ1) is 24.0. The molecule has 1 aliphatic carbocycles. The van der Waals surface area contributed by atoms with Gasteiger partial charge in [-0.2, -0.15) is 0 Å². The van der Waals surface area contributed by atoms with Gasteiger partial charge in [0.2, 0.25) is 15.9 Å². The maximum Gasteiger partial charge on any atom is 0.269 e. The second-order valence-corrected chi connectivity index (χ2v) is 9.89. The highest BCUT2D eigenvalue weighted by Crippen LogP contribution is 2.27. The van der Waals surface area contributed by atoms with Crippen LogP contribution >= 0.6 is 11.8 Å². The fraction of sp³-hybridized carbons (Fsp3) is 0.333. The Bertz CT molecular complexity index is 1090. The average molecular weight is 482 g/mol. The fourth-order valence-corrected chi connectivity index (χ4v) is 5.53. The van der Waals surface area contributed by atoms with Crippen molar-refractivity contribution >= 4 is 33.6 Å². The van der Waals surface area contributed by atoms with Gasteiger partial charge < -0.3 is 4.74 Å². The molecule has 0 spiro atoms. The molecule has 2 amide bonds. The lowest BCUT2D eigenvalue weighted by Crippen LogP contribution is -2.42. The van der Waals surface area contributed by atoms with Crippen molar-refractivity contribution in [3.05, 3.63) is 53.8 Å². The minimum Gasteiger partial charge on any atom is -0.495 e. The molecule has 3 rings (SSSR count).